The smallest absolute Gasteiger partial charge is 0.247 e. The van der Waals surface area contributed by atoms with E-state index < -0.39 is 16.1 Å². The third kappa shape index (κ3) is 3.80. The predicted molar refractivity (Wildman–Crippen MR) is 115 cm³/mol. The third-order valence-corrected chi connectivity index (χ3v) is 6.25. The molecule has 0 radical (unpaired) electrons. The maximum atomic E-state index is 12.5. The van der Waals surface area contributed by atoms with Crippen molar-refractivity contribution < 1.29 is 13.2 Å². The van der Waals surface area contributed by atoms with Crippen LogP contribution in [0.1, 0.15) is 29.2 Å². The van der Waals surface area contributed by atoms with Crippen molar-refractivity contribution in [3.8, 4) is 5.75 Å². The quantitative estimate of drug-likeness (QED) is 0.579. The van der Waals surface area contributed by atoms with Gasteiger partial charge in [0.25, 0.3) is 0 Å². The first kappa shape index (κ1) is 19.7. The Hall–Kier alpha value is -2.64. The van der Waals surface area contributed by atoms with E-state index in [1.807, 2.05) is 49.4 Å². The molecule has 0 unspecified atom stereocenters. The Morgan fingerprint density at radius 1 is 1.17 bits per heavy atom. The number of halogens is 1. The molecule has 6 nitrogen and oxygen atoms in total. The van der Waals surface area contributed by atoms with Crippen LogP contribution < -0.4 is 4.74 Å². The van der Waals surface area contributed by atoms with E-state index in [1.165, 1.54) is 0 Å². The van der Waals surface area contributed by atoms with Crippen LogP contribution in [0.3, 0.4) is 0 Å². The Labute approximate surface area is 174 Å². The molecule has 0 fully saturated rings. The molecule has 0 amide bonds. The van der Waals surface area contributed by atoms with E-state index in [0.717, 1.165) is 27.2 Å². The van der Waals surface area contributed by atoms with Crippen LogP contribution >= 0.6 is 11.6 Å². The van der Waals surface area contributed by atoms with Crippen molar-refractivity contribution in [2.45, 2.75) is 19.4 Å². The lowest BCUT2D eigenvalue weighted by Crippen LogP contribution is -2.26. The number of methoxy groups -OCH3 is 1. The number of sulfonamides is 1. The van der Waals surface area contributed by atoms with Crippen LogP contribution in [0.5, 0.6) is 5.75 Å². The minimum atomic E-state index is -3.59. The number of fused-ring (bicyclic) bond motifs is 1. The fourth-order valence-electron chi connectivity index (χ4n) is 3.53. The average molecular weight is 430 g/mol. The van der Waals surface area contributed by atoms with Crippen LogP contribution in [-0.2, 0) is 10.0 Å². The van der Waals surface area contributed by atoms with Crippen molar-refractivity contribution in [2.75, 3.05) is 13.4 Å². The number of benzene rings is 2. The Morgan fingerprint density at radius 3 is 2.66 bits per heavy atom. The highest BCUT2D eigenvalue weighted by atomic mass is 35.5. The van der Waals surface area contributed by atoms with Gasteiger partial charge in [-0.15, -0.1) is 0 Å². The van der Waals surface area contributed by atoms with Crippen molar-refractivity contribution >= 4 is 38.2 Å². The standard InChI is InChI=1S/C21H20ClN3O3S/c1-13-5-4-6-14(9-13)19-12-20(25(24-19)29(3,26)27)17-10-15-7-8-16(28-2)11-18(15)23-21(17)22/h4-11,20H,12H2,1-3H3/t20-/m1/s1. The molecule has 0 saturated carbocycles. The number of hydrazone groups is 1. The van der Waals surface area contributed by atoms with Gasteiger partial charge in [0.1, 0.15) is 10.9 Å². The molecule has 2 aromatic carbocycles. The van der Waals surface area contributed by atoms with Crippen LogP contribution in [0.15, 0.2) is 53.6 Å². The van der Waals surface area contributed by atoms with Crippen molar-refractivity contribution in [3.05, 3.63) is 70.4 Å². The van der Waals surface area contributed by atoms with Gasteiger partial charge in [0.15, 0.2) is 0 Å². The Bertz CT molecular complexity index is 1240. The first-order valence-electron chi connectivity index (χ1n) is 9.04. The van der Waals surface area contributed by atoms with Gasteiger partial charge in [-0.3, -0.25) is 0 Å². The van der Waals surface area contributed by atoms with Crippen LogP contribution in [-0.4, -0.2) is 36.9 Å². The number of aryl methyl sites for hydroxylation is 1. The Kier molecular flexibility index (Phi) is 4.96. The SMILES string of the molecule is COc1ccc2cc([C@H]3CC(c4cccc(C)c4)=NN3S(C)(=O)=O)c(Cl)nc2c1. The number of rotatable bonds is 4. The first-order valence-corrected chi connectivity index (χ1v) is 11.3. The minimum absolute atomic E-state index is 0.255. The van der Waals surface area contributed by atoms with Gasteiger partial charge in [0.2, 0.25) is 10.0 Å². The molecule has 1 aliphatic rings. The van der Waals surface area contributed by atoms with E-state index in [2.05, 4.69) is 10.1 Å². The van der Waals surface area contributed by atoms with E-state index in [9.17, 15) is 8.42 Å². The van der Waals surface area contributed by atoms with Crippen LogP contribution in [0.2, 0.25) is 5.15 Å². The van der Waals surface area contributed by atoms with Crippen LogP contribution in [0.25, 0.3) is 10.9 Å². The second-order valence-electron chi connectivity index (χ2n) is 7.10. The molecule has 29 heavy (non-hydrogen) atoms. The van der Waals surface area contributed by atoms with E-state index in [4.69, 9.17) is 16.3 Å². The second-order valence-corrected chi connectivity index (χ2v) is 9.30. The largest absolute Gasteiger partial charge is 0.497 e. The summed E-state index contributed by atoms with van der Waals surface area (Å²) >= 11 is 6.49. The summed E-state index contributed by atoms with van der Waals surface area (Å²) in [6, 6.07) is 14.7. The molecule has 4 rings (SSSR count). The Balaban J connectivity index is 1.80. The lowest BCUT2D eigenvalue weighted by atomic mass is 9.98. The van der Waals surface area contributed by atoms with Crippen molar-refractivity contribution in [3.63, 3.8) is 0 Å². The molecule has 3 aromatic rings. The summed E-state index contributed by atoms with van der Waals surface area (Å²) in [7, 11) is -2.01. The first-order chi connectivity index (χ1) is 13.8. The van der Waals surface area contributed by atoms with E-state index >= 15 is 0 Å². The topological polar surface area (TPSA) is 71.9 Å². The van der Waals surface area contributed by atoms with Gasteiger partial charge in [-0.05, 0) is 30.7 Å². The fraction of sp³-hybridized carbons (Fsp3) is 0.238. The van der Waals surface area contributed by atoms with Gasteiger partial charge in [0.05, 0.1) is 30.6 Å². The highest BCUT2D eigenvalue weighted by Crippen LogP contribution is 2.38. The minimum Gasteiger partial charge on any atom is -0.497 e. The number of hydrogen-bond acceptors (Lipinski definition) is 5. The number of pyridine rings is 1. The van der Waals surface area contributed by atoms with Gasteiger partial charge in [-0.25, -0.2) is 13.4 Å². The predicted octanol–water partition coefficient (Wildman–Crippen LogP) is 4.32. The molecule has 1 aliphatic heterocycles. The molecule has 150 valence electrons. The second kappa shape index (κ2) is 7.31. The zero-order valence-corrected chi connectivity index (χ0v) is 17.8. The monoisotopic (exact) mass is 429 g/mol. The molecule has 0 bridgehead atoms. The summed E-state index contributed by atoms with van der Waals surface area (Å²) in [5.41, 5.74) is 3.99. The summed E-state index contributed by atoms with van der Waals surface area (Å²) < 4.78 is 31.3. The van der Waals surface area contributed by atoms with Crippen molar-refractivity contribution in [1.29, 1.82) is 0 Å². The zero-order chi connectivity index (χ0) is 20.8. The lowest BCUT2D eigenvalue weighted by molar-refractivity contribution is 0.374. The molecule has 1 aromatic heterocycles. The summed E-state index contributed by atoms with van der Waals surface area (Å²) in [6.45, 7) is 1.99. The number of hydrogen-bond donors (Lipinski definition) is 0. The third-order valence-electron chi connectivity index (χ3n) is 4.93. The number of ether oxygens (including phenoxy) is 1. The molecular weight excluding hydrogens is 410 g/mol. The Morgan fingerprint density at radius 2 is 1.97 bits per heavy atom. The van der Waals surface area contributed by atoms with Crippen molar-refractivity contribution in [2.24, 2.45) is 5.10 Å². The van der Waals surface area contributed by atoms with Gasteiger partial charge in [0, 0.05) is 23.4 Å². The molecule has 8 heteroatoms. The molecule has 1 atom stereocenters. The zero-order valence-electron chi connectivity index (χ0n) is 16.3. The maximum Gasteiger partial charge on any atom is 0.247 e. The van der Waals surface area contributed by atoms with Crippen molar-refractivity contribution in [1.82, 2.24) is 9.40 Å². The van der Waals surface area contributed by atoms with Gasteiger partial charge < -0.3 is 4.74 Å². The molecule has 0 spiro atoms. The summed E-state index contributed by atoms with van der Waals surface area (Å²) in [5.74, 6) is 0.678. The van der Waals surface area contributed by atoms with Crippen LogP contribution in [0, 0.1) is 6.92 Å². The van der Waals surface area contributed by atoms with E-state index in [-0.39, 0.29) is 5.15 Å². The van der Waals surface area contributed by atoms with Crippen LogP contribution in [0.4, 0.5) is 0 Å². The maximum absolute atomic E-state index is 12.5. The normalized spacial score (nSPS) is 16.9. The molecular formula is C21H20ClN3O3S. The summed E-state index contributed by atoms with van der Waals surface area (Å²) in [4.78, 5) is 4.47. The highest BCUT2D eigenvalue weighted by Gasteiger charge is 2.36. The molecule has 0 N–H and O–H groups in total. The summed E-state index contributed by atoms with van der Waals surface area (Å²) in [5, 5.41) is 5.54. The highest BCUT2D eigenvalue weighted by molar-refractivity contribution is 7.88. The average Bonchev–Trinajstić information content (AvgIpc) is 3.12. The van der Waals surface area contributed by atoms with E-state index in [0.29, 0.717) is 29.0 Å². The molecule has 0 aliphatic carbocycles. The van der Waals surface area contributed by atoms with E-state index in [1.54, 1.807) is 13.2 Å². The fourth-order valence-corrected chi connectivity index (χ4v) is 4.69. The van der Waals surface area contributed by atoms with Gasteiger partial charge >= 0.3 is 0 Å². The molecule has 2 heterocycles. The van der Waals surface area contributed by atoms with Gasteiger partial charge in [-0.2, -0.15) is 9.52 Å². The lowest BCUT2D eigenvalue weighted by Gasteiger charge is -2.22. The number of aromatic nitrogens is 1. The summed E-state index contributed by atoms with van der Waals surface area (Å²) in [6.07, 6.45) is 1.56. The van der Waals surface area contributed by atoms with Gasteiger partial charge in [-0.1, -0.05) is 41.4 Å². The molecule has 0 saturated heterocycles. The number of nitrogens with zero attached hydrogens (tertiary/aromatic N) is 3.